The number of aromatic nitrogens is 2. The number of amides is 2. The largest absolute Gasteiger partial charge is 0.378 e. The van der Waals surface area contributed by atoms with Gasteiger partial charge in [0.25, 0.3) is 11.8 Å². The van der Waals surface area contributed by atoms with Crippen molar-refractivity contribution in [2.24, 2.45) is 0 Å². The third-order valence-electron chi connectivity index (χ3n) is 6.11. The quantitative estimate of drug-likeness (QED) is 0.447. The second kappa shape index (κ2) is 11.1. The van der Waals surface area contributed by atoms with Gasteiger partial charge in [0.05, 0.1) is 29.2 Å². The minimum atomic E-state index is -0.714. The predicted molar refractivity (Wildman–Crippen MR) is 145 cm³/mol. The maximum atomic E-state index is 13.1. The van der Waals surface area contributed by atoms with Crippen LogP contribution >= 0.6 is 15.9 Å². The molecule has 190 valence electrons. The third-order valence-corrected chi connectivity index (χ3v) is 6.69. The minimum Gasteiger partial charge on any atom is -0.378 e. The first-order chi connectivity index (χ1) is 17.7. The van der Waals surface area contributed by atoms with Crippen LogP contribution in [0.1, 0.15) is 45.8 Å². The summed E-state index contributed by atoms with van der Waals surface area (Å²) < 4.78 is 5.86. The fraction of sp³-hybridized carbons (Fsp3) is 0.296. The Morgan fingerprint density at radius 3 is 2.59 bits per heavy atom. The number of anilines is 3. The van der Waals surface area contributed by atoms with Gasteiger partial charge in [0.1, 0.15) is 5.69 Å². The van der Waals surface area contributed by atoms with Gasteiger partial charge in [-0.05, 0) is 72.1 Å². The summed E-state index contributed by atoms with van der Waals surface area (Å²) >= 11 is 3.38. The van der Waals surface area contributed by atoms with E-state index in [4.69, 9.17) is 4.74 Å². The molecule has 0 unspecified atom stereocenters. The number of carbonyl (C=O) groups excluding carboxylic acids is 2. The highest BCUT2D eigenvalue weighted by Crippen LogP contribution is 2.26. The second-order valence-corrected chi connectivity index (χ2v) is 10.1. The van der Waals surface area contributed by atoms with Gasteiger partial charge in [-0.25, -0.2) is 9.97 Å². The number of hydrogen-bond donors (Lipinski definition) is 2. The summed E-state index contributed by atoms with van der Waals surface area (Å²) in [7, 11) is 0. The van der Waals surface area contributed by atoms with E-state index in [0.717, 1.165) is 11.1 Å². The Hall–Kier alpha value is -3.81. The van der Waals surface area contributed by atoms with Crippen molar-refractivity contribution in [3.63, 3.8) is 0 Å². The molecule has 0 bridgehead atoms. The molecule has 2 amide bonds. The van der Waals surface area contributed by atoms with Crippen LogP contribution in [0.25, 0.3) is 0 Å². The highest BCUT2D eigenvalue weighted by Gasteiger charge is 2.22. The number of ether oxygens (including phenoxy) is 1. The summed E-state index contributed by atoms with van der Waals surface area (Å²) in [5, 5.41) is 15.2. The molecule has 0 spiro atoms. The number of aryl methyl sites for hydroxylation is 1. The van der Waals surface area contributed by atoms with Crippen molar-refractivity contribution in [3.05, 3.63) is 75.5 Å². The highest BCUT2D eigenvalue weighted by molar-refractivity contribution is 9.10. The van der Waals surface area contributed by atoms with Crippen LogP contribution in [0.15, 0.2) is 53.1 Å². The first kappa shape index (κ1) is 26.3. The maximum Gasteiger partial charge on any atom is 0.275 e. The molecule has 1 aromatic heterocycles. The van der Waals surface area contributed by atoms with Crippen molar-refractivity contribution in [2.45, 2.75) is 26.2 Å². The fourth-order valence-electron chi connectivity index (χ4n) is 3.77. The summed E-state index contributed by atoms with van der Waals surface area (Å²) in [6, 6.07) is 14.5. The van der Waals surface area contributed by atoms with E-state index in [0.29, 0.717) is 53.7 Å². The van der Waals surface area contributed by atoms with Crippen molar-refractivity contribution in [1.29, 1.82) is 5.26 Å². The number of carbonyl (C=O) groups is 2. The van der Waals surface area contributed by atoms with Gasteiger partial charge >= 0.3 is 0 Å². The molecule has 1 aliphatic heterocycles. The monoisotopic (exact) mass is 562 g/mol. The zero-order valence-electron chi connectivity index (χ0n) is 20.8. The summed E-state index contributed by atoms with van der Waals surface area (Å²) in [6.07, 6.45) is 1.57. The van der Waals surface area contributed by atoms with Crippen molar-refractivity contribution in [3.8, 4) is 6.07 Å². The Morgan fingerprint density at radius 1 is 1.11 bits per heavy atom. The lowest BCUT2D eigenvalue weighted by molar-refractivity contribution is 0.101. The van der Waals surface area contributed by atoms with E-state index in [9.17, 15) is 14.9 Å². The SMILES string of the molecule is Cc1ccc(NC(=O)c2cccc(C(C)(C)C#N)c2)cc1NC(=O)c1nc(N2CCOCC2)ncc1Br. The van der Waals surface area contributed by atoms with Crippen molar-refractivity contribution >= 4 is 45.1 Å². The third kappa shape index (κ3) is 6.13. The lowest BCUT2D eigenvalue weighted by Gasteiger charge is -2.26. The lowest BCUT2D eigenvalue weighted by Crippen LogP contribution is -2.37. The Kier molecular flexibility index (Phi) is 7.86. The molecule has 0 radical (unpaired) electrons. The molecular formula is C27H27BrN6O3. The topological polar surface area (TPSA) is 120 Å². The molecule has 1 fully saturated rings. The minimum absolute atomic E-state index is 0.210. The van der Waals surface area contributed by atoms with Crippen LogP contribution in [0.2, 0.25) is 0 Å². The summed E-state index contributed by atoms with van der Waals surface area (Å²) in [6.45, 7) is 7.94. The molecule has 1 saturated heterocycles. The highest BCUT2D eigenvalue weighted by atomic mass is 79.9. The van der Waals surface area contributed by atoms with Gasteiger partial charge in [-0.1, -0.05) is 18.2 Å². The molecule has 2 N–H and O–H groups in total. The Morgan fingerprint density at radius 2 is 1.86 bits per heavy atom. The second-order valence-electron chi connectivity index (χ2n) is 9.22. The van der Waals surface area contributed by atoms with Gasteiger partial charge in [-0.15, -0.1) is 0 Å². The van der Waals surface area contributed by atoms with E-state index in [2.05, 4.69) is 42.6 Å². The van der Waals surface area contributed by atoms with Crippen LogP contribution in [0.4, 0.5) is 17.3 Å². The number of morpholine rings is 1. The lowest BCUT2D eigenvalue weighted by atomic mass is 9.85. The van der Waals surface area contributed by atoms with Crippen molar-refractivity contribution in [1.82, 2.24) is 9.97 Å². The number of nitriles is 1. The van der Waals surface area contributed by atoms with Crippen LogP contribution in [0, 0.1) is 18.3 Å². The molecule has 4 rings (SSSR count). The molecule has 37 heavy (non-hydrogen) atoms. The first-order valence-corrected chi connectivity index (χ1v) is 12.6. The molecular weight excluding hydrogens is 536 g/mol. The fourth-order valence-corrected chi connectivity index (χ4v) is 4.14. The number of rotatable bonds is 6. The van der Waals surface area contributed by atoms with Crippen LogP contribution in [0.5, 0.6) is 0 Å². The summed E-state index contributed by atoms with van der Waals surface area (Å²) in [5.41, 5.74) is 2.57. The van der Waals surface area contributed by atoms with Gasteiger partial charge in [0, 0.05) is 36.2 Å². The van der Waals surface area contributed by atoms with Crippen LogP contribution in [-0.4, -0.2) is 48.1 Å². The molecule has 9 nitrogen and oxygen atoms in total. The number of benzene rings is 2. The Labute approximate surface area is 224 Å². The molecule has 0 atom stereocenters. The predicted octanol–water partition coefficient (Wildman–Crippen LogP) is 4.69. The van der Waals surface area contributed by atoms with E-state index < -0.39 is 11.3 Å². The normalized spacial score (nSPS) is 13.5. The number of hydrogen-bond acceptors (Lipinski definition) is 7. The van der Waals surface area contributed by atoms with Crippen LogP contribution < -0.4 is 15.5 Å². The smallest absolute Gasteiger partial charge is 0.275 e. The van der Waals surface area contributed by atoms with Gasteiger partial charge in [-0.3, -0.25) is 9.59 Å². The molecule has 1 aliphatic rings. The molecule has 10 heteroatoms. The standard InChI is InChI=1S/C27H27BrN6O3/c1-17-7-8-20(31-24(35)18-5-4-6-19(13-18)27(2,3)16-29)14-22(17)32-25(36)23-21(28)15-30-26(33-23)34-9-11-37-12-10-34/h4-8,13-15H,9-12H2,1-3H3,(H,31,35)(H,32,36). The molecule has 3 aromatic rings. The van der Waals surface area contributed by atoms with Gasteiger partial charge in [0.2, 0.25) is 5.95 Å². The molecule has 0 aliphatic carbocycles. The zero-order chi connectivity index (χ0) is 26.6. The number of halogens is 1. The van der Waals surface area contributed by atoms with E-state index in [1.165, 1.54) is 0 Å². The molecule has 2 heterocycles. The number of nitrogens with zero attached hydrogens (tertiary/aromatic N) is 4. The van der Waals surface area contributed by atoms with Gasteiger partial charge < -0.3 is 20.3 Å². The van der Waals surface area contributed by atoms with Gasteiger partial charge in [0.15, 0.2) is 0 Å². The average molecular weight is 563 g/mol. The Bertz CT molecular complexity index is 1380. The Balaban J connectivity index is 1.51. The first-order valence-electron chi connectivity index (χ1n) is 11.8. The molecule has 2 aromatic carbocycles. The van der Waals surface area contributed by atoms with E-state index >= 15 is 0 Å². The van der Waals surface area contributed by atoms with Crippen LogP contribution in [-0.2, 0) is 10.2 Å². The van der Waals surface area contributed by atoms with E-state index in [1.807, 2.05) is 24.0 Å². The van der Waals surface area contributed by atoms with E-state index in [-0.39, 0.29) is 11.6 Å². The average Bonchev–Trinajstić information content (AvgIpc) is 2.91. The maximum absolute atomic E-state index is 13.1. The van der Waals surface area contributed by atoms with Crippen LogP contribution in [0.3, 0.4) is 0 Å². The van der Waals surface area contributed by atoms with Crippen molar-refractivity contribution < 1.29 is 14.3 Å². The molecule has 0 saturated carbocycles. The zero-order valence-corrected chi connectivity index (χ0v) is 22.4. The van der Waals surface area contributed by atoms with Crippen molar-refractivity contribution in [2.75, 3.05) is 41.8 Å². The summed E-state index contributed by atoms with van der Waals surface area (Å²) in [4.78, 5) is 36.9. The van der Waals surface area contributed by atoms with E-state index in [1.54, 1.807) is 50.4 Å². The number of nitrogens with one attached hydrogen (secondary N) is 2. The summed E-state index contributed by atoms with van der Waals surface area (Å²) in [5.74, 6) is -0.247. The van der Waals surface area contributed by atoms with Gasteiger partial charge in [-0.2, -0.15) is 5.26 Å².